The lowest BCUT2D eigenvalue weighted by molar-refractivity contribution is -0.137. The Kier molecular flexibility index (Phi) is 3.87. The number of hydrogen-bond donors (Lipinski definition) is 2. The molecular weight excluding hydrogens is 228 g/mol. The van der Waals surface area contributed by atoms with Crippen molar-refractivity contribution in [2.75, 3.05) is 24.5 Å². The van der Waals surface area contributed by atoms with Crippen LogP contribution in [0, 0.1) is 13.8 Å². The van der Waals surface area contributed by atoms with E-state index in [1.54, 1.807) is 0 Å². The fourth-order valence-corrected chi connectivity index (χ4v) is 2.39. The highest BCUT2D eigenvalue weighted by molar-refractivity contribution is 5.69. The van der Waals surface area contributed by atoms with Gasteiger partial charge in [0, 0.05) is 25.3 Å². The number of rotatable bonds is 3. The molecule has 1 unspecified atom stereocenters. The number of carboxylic acid groups (broad SMARTS) is 1. The minimum atomic E-state index is -0.738. The number of anilines is 1. The Labute approximate surface area is 108 Å². The van der Waals surface area contributed by atoms with Gasteiger partial charge in [-0.05, 0) is 37.1 Å². The minimum Gasteiger partial charge on any atom is -0.481 e. The summed E-state index contributed by atoms with van der Waals surface area (Å²) in [4.78, 5) is 13.1. The molecule has 4 nitrogen and oxygen atoms in total. The van der Waals surface area contributed by atoms with Crippen LogP contribution in [0.5, 0.6) is 0 Å². The van der Waals surface area contributed by atoms with E-state index in [-0.39, 0.29) is 12.5 Å². The zero-order chi connectivity index (χ0) is 13.1. The molecular formula is C14H20N2O2. The number of aryl methyl sites for hydroxylation is 2. The molecule has 0 aromatic heterocycles. The molecule has 1 fully saturated rings. The first kappa shape index (κ1) is 12.9. The molecule has 0 spiro atoms. The van der Waals surface area contributed by atoms with E-state index in [9.17, 15) is 4.79 Å². The lowest BCUT2D eigenvalue weighted by Gasteiger charge is -2.37. The summed E-state index contributed by atoms with van der Waals surface area (Å²) in [5.74, 6) is -0.738. The second-order valence-corrected chi connectivity index (χ2v) is 4.92. The highest BCUT2D eigenvalue weighted by Gasteiger charge is 2.24. The van der Waals surface area contributed by atoms with Gasteiger partial charge < -0.3 is 15.3 Å². The smallest absolute Gasteiger partial charge is 0.305 e. The van der Waals surface area contributed by atoms with Crippen molar-refractivity contribution in [3.8, 4) is 0 Å². The van der Waals surface area contributed by atoms with Crippen LogP contribution < -0.4 is 10.2 Å². The Morgan fingerprint density at radius 3 is 2.89 bits per heavy atom. The molecule has 18 heavy (non-hydrogen) atoms. The summed E-state index contributed by atoms with van der Waals surface area (Å²) in [6, 6.07) is 6.38. The van der Waals surface area contributed by atoms with Crippen molar-refractivity contribution >= 4 is 11.7 Å². The zero-order valence-electron chi connectivity index (χ0n) is 10.9. The monoisotopic (exact) mass is 248 g/mol. The van der Waals surface area contributed by atoms with E-state index < -0.39 is 5.97 Å². The van der Waals surface area contributed by atoms with E-state index in [1.807, 2.05) is 0 Å². The van der Waals surface area contributed by atoms with Gasteiger partial charge in [0.1, 0.15) is 0 Å². The molecule has 0 bridgehead atoms. The molecule has 98 valence electrons. The standard InChI is InChI=1S/C14H20N2O2/c1-10-3-4-12(7-11(10)2)16-6-5-15-9-13(16)8-14(17)18/h3-4,7,13,15H,5-6,8-9H2,1-2H3,(H,17,18). The zero-order valence-corrected chi connectivity index (χ0v) is 10.9. The number of piperazine rings is 1. The largest absolute Gasteiger partial charge is 0.481 e. The van der Waals surface area contributed by atoms with Crippen LogP contribution in [0.3, 0.4) is 0 Å². The molecule has 2 rings (SSSR count). The molecule has 2 N–H and O–H groups in total. The third-order valence-corrected chi connectivity index (χ3v) is 3.58. The molecule has 1 saturated heterocycles. The summed E-state index contributed by atoms with van der Waals surface area (Å²) < 4.78 is 0. The van der Waals surface area contributed by atoms with Gasteiger partial charge in [-0.2, -0.15) is 0 Å². The van der Waals surface area contributed by atoms with Gasteiger partial charge in [-0.25, -0.2) is 0 Å². The first-order chi connectivity index (χ1) is 8.58. The number of nitrogens with zero attached hydrogens (tertiary/aromatic N) is 1. The highest BCUT2D eigenvalue weighted by Crippen LogP contribution is 2.22. The van der Waals surface area contributed by atoms with Crippen molar-refractivity contribution in [2.45, 2.75) is 26.3 Å². The van der Waals surface area contributed by atoms with Crippen molar-refractivity contribution in [3.05, 3.63) is 29.3 Å². The number of nitrogens with one attached hydrogen (secondary N) is 1. The second-order valence-electron chi connectivity index (χ2n) is 4.92. The van der Waals surface area contributed by atoms with Crippen LogP contribution in [0.2, 0.25) is 0 Å². The lowest BCUT2D eigenvalue weighted by Crippen LogP contribution is -2.52. The molecule has 0 amide bonds. The average Bonchev–Trinajstić information content (AvgIpc) is 2.33. The number of carboxylic acids is 1. The van der Waals surface area contributed by atoms with Gasteiger partial charge in [0.25, 0.3) is 0 Å². The summed E-state index contributed by atoms with van der Waals surface area (Å²) in [5.41, 5.74) is 3.65. The van der Waals surface area contributed by atoms with Crippen molar-refractivity contribution in [2.24, 2.45) is 0 Å². The van der Waals surface area contributed by atoms with Crippen molar-refractivity contribution in [1.29, 1.82) is 0 Å². The Bertz CT molecular complexity index is 445. The van der Waals surface area contributed by atoms with E-state index in [0.717, 1.165) is 25.3 Å². The fourth-order valence-electron chi connectivity index (χ4n) is 2.39. The third-order valence-electron chi connectivity index (χ3n) is 3.58. The Hall–Kier alpha value is -1.55. The SMILES string of the molecule is Cc1ccc(N2CCNCC2CC(=O)O)cc1C. The molecule has 0 saturated carbocycles. The Morgan fingerprint density at radius 2 is 2.22 bits per heavy atom. The summed E-state index contributed by atoms with van der Waals surface area (Å²) in [6.07, 6.45) is 0.180. The van der Waals surface area contributed by atoms with Crippen LogP contribution in [0.1, 0.15) is 17.5 Å². The van der Waals surface area contributed by atoms with Crippen molar-refractivity contribution in [1.82, 2.24) is 5.32 Å². The Balaban J connectivity index is 2.22. The maximum absolute atomic E-state index is 10.9. The van der Waals surface area contributed by atoms with Gasteiger partial charge in [-0.3, -0.25) is 4.79 Å². The summed E-state index contributed by atoms with van der Waals surface area (Å²) in [5, 5.41) is 12.2. The summed E-state index contributed by atoms with van der Waals surface area (Å²) in [7, 11) is 0. The van der Waals surface area contributed by atoms with Gasteiger partial charge >= 0.3 is 5.97 Å². The van der Waals surface area contributed by atoms with Crippen LogP contribution in [-0.2, 0) is 4.79 Å². The average molecular weight is 248 g/mol. The van der Waals surface area contributed by atoms with E-state index in [4.69, 9.17) is 5.11 Å². The molecule has 1 aliphatic heterocycles. The van der Waals surface area contributed by atoms with E-state index in [1.165, 1.54) is 11.1 Å². The summed E-state index contributed by atoms with van der Waals surface area (Å²) in [6.45, 7) is 6.68. The fraction of sp³-hybridized carbons (Fsp3) is 0.500. The maximum atomic E-state index is 10.9. The minimum absolute atomic E-state index is 0.0401. The van der Waals surface area contributed by atoms with Crippen LogP contribution in [0.25, 0.3) is 0 Å². The van der Waals surface area contributed by atoms with Gasteiger partial charge in [-0.15, -0.1) is 0 Å². The number of carbonyl (C=O) groups is 1. The van der Waals surface area contributed by atoms with Crippen molar-refractivity contribution in [3.63, 3.8) is 0 Å². The highest BCUT2D eigenvalue weighted by atomic mass is 16.4. The quantitative estimate of drug-likeness (QED) is 0.852. The van der Waals surface area contributed by atoms with E-state index >= 15 is 0 Å². The van der Waals surface area contributed by atoms with Crippen LogP contribution in [0.15, 0.2) is 18.2 Å². The number of aliphatic carboxylic acids is 1. The molecule has 0 radical (unpaired) electrons. The predicted molar refractivity (Wildman–Crippen MR) is 72.2 cm³/mol. The van der Waals surface area contributed by atoms with Gasteiger partial charge in [0.15, 0.2) is 0 Å². The second kappa shape index (κ2) is 5.40. The van der Waals surface area contributed by atoms with E-state index in [2.05, 4.69) is 42.3 Å². The molecule has 0 aliphatic carbocycles. The number of benzene rings is 1. The normalized spacial score (nSPS) is 19.9. The van der Waals surface area contributed by atoms with Gasteiger partial charge in [-0.1, -0.05) is 6.07 Å². The number of hydrogen-bond acceptors (Lipinski definition) is 3. The van der Waals surface area contributed by atoms with Crippen LogP contribution in [0.4, 0.5) is 5.69 Å². The molecule has 1 aromatic rings. The first-order valence-electron chi connectivity index (χ1n) is 6.34. The molecule has 1 aliphatic rings. The van der Waals surface area contributed by atoms with E-state index in [0.29, 0.717) is 0 Å². The third kappa shape index (κ3) is 2.82. The molecule has 1 atom stereocenters. The van der Waals surface area contributed by atoms with Crippen LogP contribution in [-0.4, -0.2) is 36.8 Å². The molecule has 1 aromatic carbocycles. The van der Waals surface area contributed by atoms with Gasteiger partial charge in [0.2, 0.25) is 0 Å². The molecule has 1 heterocycles. The topological polar surface area (TPSA) is 52.6 Å². The maximum Gasteiger partial charge on any atom is 0.305 e. The summed E-state index contributed by atoms with van der Waals surface area (Å²) >= 11 is 0. The van der Waals surface area contributed by atoms with Gasteiger partial charge in [0.05, 0.1) is 12.5 Å². The predicted octanol–water partition coefficient (Wildman–Crippen LogP) is 1.56. The lowest BCUT2D eigenvalue weighted by atomic mass is 10.1. The van der Waals surface area contributed by atoms with Crippen molar-refractivity contribution < 1.29 is 9.90 Å². The first-order valence-corrected chi connectivity index (χ1v) is 6.34. The molecule has 4 heteroatoms. The Morgan fingerprint density at radius 1 is 1.44 bits per heavy atom. The van der Waals surface area contributed by atoms with Crippen LogP contribution >= 0.6 is 0 Å².